The average molecular weight is 432 g/mol. The number of sulfonamides is 1. The summed E-state index contributed by atoms with van der Waals surface area (Å²) in [6.07, 6.45) is 3.73. The molecule has 29 heavy (non-hydrogen) atoms. The summed E-state index contributed by atoms with van der Waals surface area (Å²) in [5.74, 6) is 0. The summed E-state index contributed by atoms with van der Waals surface area (Å²) < 4.78 is 30.7. The second kappa shape index (κ2) is 7.93. The Morgan fingerprint density at radius 3 is 2.41 bits per heavy atom. The van der Waals surface area contributed by atoms with E-state index in [9.17, 15) is 13.2 Å². The molecule has 1 saturated heterocycles. The maximum absolute atomic E-state index is 12.9. The Kier molecular flexibility index (Phi) is 5.50. The normalized spacial score (nSPS) is 16.3. The van der Waals surface area contributed by atoms with Crippen molar-refractivity contribution in [2.45, 2.75) is 37.1 Å². The molecule has 4 rings (SSSR count). The van der Waals surface area contributed by atoms with Crippen LogP contribution in [0, 0.1) is 0 Å². The highest BCUT2D eigenvalue weighted by molar-refractivity contribution is 7.89. The van der Waals surface area contributed by atoms with Gasteiger partial charge in [-0.1, -0.05) is 23.5 Å². The van der Waals surface area contributed by atoms with Crippen molar-refractivity contribution in [1.82, 2.24) is 9.29 Å². The molecule has 1 aliphatic rings. The Morgan fingerprint density at radius 2 is 1.72 bits per heavy atom. The Hall–Kier alpha value is -2.16. The van der Waals surface area contributed by atoms with Crippen LogP contribution in [-0.2, 0) is 17.1 Å². The lowest BCUT2D eigenvalue weighted by Crippen LogP contribution is -2.29. The zero-order valence-electron chi connectivity index (χ0n) is 16.6. The van der Waals surface area contributed by atoms with Crippen molar-refractivity contribution in [2.75, 3.05) is 18.0 Å². The van der Waals surface area contributed by atoms with Gasteiger partial charge in [0.25, 0.3) is 0 Å². The highest BCUT2D eigenvalue weighted by atomic mass is 32.2. The average Bonchev–Trinajstić information content (AvgIpc) is 3.01. The van der Waals surface area contributed by atoms with Crippen LogP contribution in [0.4, 0.5) is 5.69 Å². The Balaban J connectivity index is 1.52. The third kappa shape index (κ3) is 4.10. The minimum atomic E-state index is -3.70. The van der Waals surface area contributed by atoms with Gasteiger partial charge in [0.1, 0.15) is 0 Å². The van der Waals surface area contributed by atoms with E-state index in [4.69, 9.17) is 0 Å². The van der Waals surface area contributed by atoms with Gasteiger partial charge in [0.2, 0.25) is 10.0 Å². The van der Waals surface area contributed by atoms with Crippen molar-refractivity contribution in [1.29, 1.82) is 0 Å². The number of hydrogen-bond donors (Lipinski definition) is 1. The first kappa shape index (κ1) is 20.1. The smallest absolute Gasteiger partial charge is 0.307 e. The van der Waals surface area contributed by atoms with Gasteiger partial charge in [0.05, 0.1) is 15.1 Å². The summed E-state index contributed by atoms with van der Waals surface area (Å²) in [6, 6.07) is 12.5. The number of hydrogen-bond acceptors (Lipinski definition) is 5. The van der Waals surface area contributed by atoms with Gasteiger partial charge in [-0.15, -0.1) is 0 Å². The van der Waals surface area contributed by atoms with Gasteiger partial charge in [0, 0.05) is 31.9 Å². The fourth-order valence-corrected chi connectivity index (χ4v) is 6.03. The van der Waals surface area contributed by atoms with Gasteiger partial charge < -0.3 is 9.47 Å². The molecule has 154 valence electrons. The summed E-state index contributed by atoms with van der Waals surface area (Å²) in [5.41, 5.74) is 2.84. The molecule has 0 spiro atoms. The number of benzene rings is 2. The molecule has 2 heterocycles. The maximum atomic E-state index is 12.9. The molecule has 1 atom stereocenters. The minimum absolute atomic E-state index is 0.107. The third-order valence-electron chi connectivity index (χ3n) is 5.52. The monoisotopic (exact) mass is 431 g/mol. The van der Waals surface area contributed by atoms with Crippen molar-refractivity contribution >= 4 is 37.3 Å². The molecule has 1 fully saturated rings. The first-order valence-electron chi connectivity index (χ1n) is 9.82. The van der Waals surface area contributed by atoms with E-state index >= 15 is 0 Å². The minimum Gasteiger partial charge on any atom is -0.372 e. The largest absolute Gasteiger partial charge is 0.372 e. The van der Waals surface area contributed by atoms with E-state index < -0.39 is 10.0 Å². The summed E-state index contributed by atoms with van der Waals surface area (Å²) in [4.78, 5) is 14.3. The molecule has 2 aromatic carbocycles. The fourth-order valence-electron chi connectivity index (χ4n) is 3.78. The highest BCUT2D eigenvalue weighted by Crippen LogP contribution is 2.25. The second-order valence-corrected chi connectivity index (χ2v) is 10.2. The zero-order valence-corrected chi connectivity index (χ0v) is 18.2. The molecular weight excluding hydrogens is 406 g/mol. The first-order valence-corrected chi connectivity index (χ1v) is 12.1. The standard InChI is InChI=1S/C21H25N3O3S2/c1-15(16-6-8-17(9-7-16)24-12-4-3-5-13-24)22-29(26,27)18-10-11-19-20(14-18)28-21(25)23(19)2/h6-11,14-15,22H,3-5,12-13H2,1-2H3/t15-/m1/s1. The molecule has 0 aliphatic carbocycles. The third-order valence-corrected chi connectivity index (χ3v) is 8.05. The van der Waals surface area contributed by atoms with E-state index in [0.29, 0.717) is 4.70 Å². The lowest BCUT2D eigenvalue weighted by Gasteiger charge is -2.29. The van der Waals surface area contributed by atoms with Gasteiger partial charge in [-0.2, -0.15) is 0 Å². The van der Waals surface area contributed by atoms with Crippen LogP contribution in [0.5, 0.6) is 0 Å². The maximum Gasteiger partial charge on any atom is 0.307 e. The van der Waals surface area contributed by atoms with Crippen molar-refractivity contribution in [3.05, 3.63) is 57.7 Å². The second-order valence-electron chi connectivity index (χ2n) is 7.54. The van der Waals surface area contributed by atoms with E-state index in [1.165, 1.54) is 29.5 Å². The molecule has 0 radical (unpaired) electrons. The van der Waals surface area contributed by atoms with Crippen molar-refractivity contribution in [3.63, 3.8) is 0 Å². The molecule has 8 heteroatoms. The van der Waals surface area contributed by atoms with Crippen molar-refractivity contribution < 1.29 is 8.42 Å². The zero-order chi connectivity index (χ0) is 20.6. The SMILES string of the molecule is C[C@@H](NS(=O)(=O)c1ccc2c(c1)sc(=O)n2C)c1ccc(N2CCCCC2)cc1. The molecular formula is C21H25N3O3S2. The first-order chi connectivity index (χ1) is 13.8. The predicted octanol–water partition coefficient (Wildman–Crippen LogP) is 3.63. The Labute approximate surface area is 174 Å². The lowest BCUT2D eigenvalue weighted by atomic mass is 10.1. The molecule has 0 amide bonds. The number of thiazole rings is 1. The van der Waals surface area contributed by atoms with E-state index in [2.05, 4.69) is 21.8 Å². The van der Waals surface area contributed by atoms with Gasteiger partial charge in [0.15, 0.2) is 0 Å². The van der Waals surface area contributed by atoms with E-state index in [0.717, 1.165) is 35.5 Å². The summed E-state index contributed by atoms with van der Waals surface area (Å²) in [5, 5.41) is 0. The van der Waals surface area contributed by atoms with Gasteiger partial charge in [-0.3, -0.25) is 4.79 Å². The number of aryl methyl sites for hydroxylation is 1. The summed E-state index contributed by atoms with van der Waals surface area (Å²) >= 11 is 1.05. The van der Waals surface area contributed by atoms with E-state index in [-0.39, 0.29) is 15.8 Å². The van der Waals surface area contributed by atoms with Crippen LogP contribution >= 0.6 is 11.3 Å². The van der Waals surface area contributed by atoms with Gasteiger partial charge in [-0.25, -0.2) is 13.1 Å². The summed E-state index contributed by atoms with van der Waals surface area (Å²) in [7, 11) is -2.01. The Morgan fingerprint density at radius 1 is 1.03 bits per heavy atom. The number of fused-ring (bicyclic) bond motifs is 1. The topological polar surface area (TPSA) is 71.4 Å². The molecule has 0 saturated carbocycles. The number of nitrogens with zero attached hydrogens (tertiary/aromatic N) is 2. The van der Waals surface area contributed by atoms with Crippen LogP contribution in [0.25, 0.3) is 10.2 Å². The number of rotatable bonds is 5. The van der Waals surface area contributed by atoms with E-state index in [1.807, 2.05) is 19.1 Å². The quantitative estimate of drug-likeness (QED) is 0.670. The molecule has 3 aromatic rings. The lowest BCUT2D eigenvalue weighted by molar-refractivity contribution is 0.566. The Bertz CT molecular complexity index is 1170. The van der Waals surface area contributed by atoms with Crippen molar-refractivity contribution in [2.24, 2.45) is 7.05 Å². The van der Waals surface area contributed by atoms with Crippen molar-refractivity contribution in [3.8, 4) is 0 Å². The number of aromatic nitrogens is 1. The van der Waals surface area contributed by atoms with Crippen LogP contribution < -0.4 is 14.5 Å². The van der Waals surface area contributed by atoms with Crippen LogP contribution in [0.15, 0.2) is 52.2 Å². The molecule has 6 nitrogen and oxygen atoms in total. The number of nitrogens with one attached hydrogen (secondary N) is 1. The molecule has 0 unspecified atom stereocenters. The van der Waals surface area contributed by atoms with Crippen LogP contribution in [0.1, 0.15) is 37.8 Å². The number of piperidine rings is 1. The van der Waals surface area contributed by atoms with Crippen LogP contribution in [0.3, 0.4) is 0 Å². The summed E-state index contributed by atoms with van der Waals surface area (Å²) in [6.45, 7) is 4.00. The number of anilines is 1. The molecule has 1 aromatic heterocycles. The van der Waals surface area contributed by atoms with Gasteiger partial charge in [-0.05, 0) is 62.1 Å². The fraction of sp³-hybridized carbons (Fsp3) is 0.381. The highest BCUT2D eigenvalue weighted by Gasteiger charge is 2.20. The van der Waals surface area contributed by atoms with Crippen LogP contribution in [0.2, 0.25) is 0 Å². The predicted molar refractivity (Wildman–Crippen MR) is 118 cm³/mol. The molecule has 0 bridgehead atoms. The van der Waals surface area contributed by atoms with Crippen LogP contribution in [-0.4, -0.2) is 26.1 Å². The molecule has 1 aliphatic heterocycles. The molecule has 1 N–H and O–H groups in total. The van der Waals surface area contributed by atoms with E-state index in [1.54, 1.807) is 25.2 Å². The van der Waals surface area contributed by atoms with Gasteiger partial charge >= 0.3 is 4.87 Å².